The number of thioether (sulfide) groups is 1. The Balaban J connectivity index is 2.19. The number of carbonyl (C=O) groups excluding carboxylic acids is 1. The third-order valence-electron chi connectivity index (χ3n) is 3.00. The van der Waals surface area contributed by atoms with Gasteiger partial charge in [-0.2, -0.15) is 5.10 Å². The van der Waals surface area contributed by atoms with Crippen LogP contribution in [0.5, 0.6) is 0 Å². The normalized spacial score (nSPS) is 11.9. The third-order valence-corrected chi connectivity index (χ3v) is 3.79. The predicted octanol–water partition coefficient (Wildman–Crippen LogP) is 2.53. The van der Waals surface area contributed by atoms with Crippen molar-refractivity contribution in [1.29, 1.82) is 0 Å². The van der Waals surface area contributed by atoms with E-state index in [1.807, 2.05) is 6.92 Å². The molecular formula is C13H14N4O3S. The summed E-state index contributed by atoms with van der Waals surface area (Å²) in [4.78, 5) is 23.2. The topological polar surface area (TPSA) is 101 Å². The number of carbonyl (C=O) groups is 1. The molecular weight excluding hydrogens is 292 g/mol. The van der Waals surface area contributed by atoms with Gasteiger partial charge in [-0.1, -0.05) is 0 Å². The smallest absolute Gasteiger partial charge is 0.283 e. The van der Waals surface area contributed by atoms with E-state index in [1.54, 1.807) is 30.8 Å². The number of nitrogens with one attached hydrogen (secondary N) is 2. The monoisotopic (exact) mass is 306 g/mol. The molecule has 0 bridgehead atoms. The molecule has 0 radical (unpaired) electrons. The molecule has 0 saturated heterocycles. The van der Waals surface area contributed by atoms with Gasteiger partial charge in [0.2, 0.25) is 0 Å². The van der Waals surface area contributed by atoms with Crippen LogP contribution in [0.3, 0.4) is 0 Å². The van der Waals surface area contributed by atoms with Crippen molar-refractivity contribution < 1.29 is 9.72 Å². The highest BCUT2D eigenvalue weighted by atomic mass is 32.2. The molecule has 0 aliphatic rings. The molecule has 7 nitrogen and oxygen atoms in total. The zero-order valence-electron chi connectivity index (χ0n) is 11.5. The van der Waals surface area contributed by atoms with E-state index in [0.717, 1.165) is 5.56 Å². The van der Waals surface area contributed by atoms with Crippen molar-refractivity contribution in [3.8, 4) is 0 Å². The Morgan fingerprint density at radius 2 is 2.29 bits per heavy atom. The van der Waals surface area contributed by atoms with Crippen LogP contribution in [0.25, 0.3) is 0 Å². The number of amides is 1. The van der Waals surface area contributed by atoms with Gasteiger partial charge < -0.3 is 5.32 Å². The first-order chi connectivity index (χ1) is 10.0. The summed E-state index contributed by atoms with van der Waals surface area (Å²) in [5.74, 6) is -0.362. The Hall–Kier alpha value is -2.35. The zero-order chi connectivity index (χ0) is 15.4. The van der Waals surface area contributed by atoms with Gasteiger partial charge in [0.05, 0.1) is 22.1 Å². The summed E-state index contributed by atoms with van der Waals surface area (Å²) in [5, 5.41) is 20.3. The number of nitro benzene ring substituents is 1. The summed E-state index contributed by atoms with van der Waals surface area (Å²) in [6, 6.07) is 4.22. The first kappa shape index (κ1) is 15.0. The van der Waals surface area contributed by atoms with E-state index in [9.17, 15) is 14.9 Å². The van der Waals surface area contributed by atoms with Crippen molar-refractivity contribution in [2.24, 2.45) is 0 Å². The minimum absolute atomic E-state index is 0.0638. The average Bonchev–Trinajstić information content (AvgIpc) is 3.00. The van der Waals surface area contributed by atoms with Gasteiger partial charge in [0.15, 0.2) is 0 Å². The second-order valence-corrected chi connectivity index (χ2v) is 5.22. The maximum atomic E-state index is 12.2. The fourth-order valence-electron chi connectivity index (χ4n) is 1.83. The number of aromatic nitrogens is 2. The Bertz CT molecular complexity index is 657. The van der Waals surface area contributed by atoms with E-state index in [0.29, 0.717) is 4.90 Å². The molecule has 8 heteroatoms. The predicted molar refractivity (Wildman–Crippen MR) is 79.3 cm³/mol. The van der Waals surface area contributed by atoms with Crippen LogP contribution in [-0.2, 0) is 0 Å². The number of aromatic amines is 1. The van der Waals surface area contributed by atoms with Gasteiger partial charge in [-0.15, -0.1) is 11.8 Å². The number of nitrogens with zero attached hydrogens (tertiary/aromatic N) is 2. The lowest BCUT2D eigenvalue weighted by atomic mass is 10.1. The lowest BCUT2D eigenvalue weighted by molar-refractivity contribution is -0.387. The number of hydrogen-bond donors (Lipinski definition) is 2. The molecule has 2 N–H and O–H groups in total. The molecule has 0 aliphatic carbocycles. The van der Waals surface area contributed by atoms with Gasteiger partial charge in [-0.05, 0) is 25.3 Å². The van der Waals surface area contributed by atoms with Crippen molar-refractivity contribution in [3.63, 3.8) is 0 Å². The van der Waals surface area contributed by atoms with Crippen molar-refractivity contribution in [3.05, 3.63) is 51.8 Å². The van der Waals surface area contributed by atoms with E-state index in [1.165, 1.54) is 17.8 Å². The highest BCUT2D eigenvalue weighted by molar-refractivity contribution is 7.98. The van der Waals surface area contributed by atoms with Crippen LogP contribution >= 0.6 is 11.8 Å². The Morgan fingerprint density at radius 1 is 1.52 bits per heavy atom. The average molecular weight is 306 g/mol. The van der Waals surface area contributed by atoms with Crippen LogP contribution in [0.4, 0.5) is 5.69 Å². The summed E-state index contributed by atoms with van der Waals surface area (Å²) >= 11 is 1.27. The van der Waals surface area contributed by atoms with Gasteiger partial charge in [0.1, 0.15) is 0 Å². The van der Waals surface area contributed by atoms with Crippen LogP contribution in [0.1, 0.15) is 28.9 Å². The number of rotatable bonds is 5. The molecule has 2 aromatic rings. The maximum Gasteiger partial charge on any atom is 0.283 e. The third kappa shape index (κ3) is 3.40. The minimum Gasteiger partial charge on any atom is -0.345 e. The van der Waals surface area contributed by atoms with E-state index in [2.05, 4.69) is 15.5 Å². The first-order valence-corrected chi connectivity index (χ1v) is 7.37. The summed E-state index contributed by atoms with van der Waals surface area (Å²) in [6.45, 7) is 1.81. The largest absolute Gasteiger partial charge is 0.345 e. The molecule has 110 valence electrons. The fourth-order valence-corrected chi connectivity index (χ4v) is 2.38. The van der Waals surface area contributed by atoms with E-state index >= 15 is 0 Å². The van der Waals surface area contributed by atoms with E-state index in [-0.39, 0.29) is 23.2 Å². The van der Waals surface area contributed by atoms with Gasteiger partial charge in [0, 0.05) is 23.4 Å². The lowest BCUT2D eigenvalue weighted by Crippen LogP contribution is -2.26. The molecule has 1 aromatic heterocycles. The van der Waals surface area contributed by atoms with Crippen molar-refractivity contribution in [1.82, 2.24) is 15.5 Å². The number of benzene rings is 1. The van der Waals surface area contributed by atoms with Crippen LogP contribution in [-0.4, -0.2) is 27.3 Å². The maximum absolute atomic E-state index is 12.2. The Kier molecular flexibility index (Phi) is 4.59. The number of nitro groups is 1. The molecule has 1 atom stereocenters. The van der Waals surface area contributed by atoms with Crippen molar-refractivity contribution >= 4 is 23.4 Å². The Labute approximate surface area is 125 Å². The molecule has 1 amide bonds. The highest BCUT2D eigenvalue weighted by Gasteiger charge is 2.18. The number of hydrogen-bond acceptors (Lipinski definition) is 5. The quantitative estimate of drug-likeness (QED) is 0.502. The minimum atomic E-state index is -0.484. The summed E-state index contributed by atoms with van der Waals surface area (Å²) in [7, 11) is 0. The molecule has 21 heavy (non-hydrogen) atoms. The summed E-state index contributed by atoms with van der Waals surface area (Å²) < 4.78 is 0. The SMILES string of the molecule is CSc1ccc(C(=O)NC(C)c2cn[nH]c2)cc1[N+](=O)[O-]. The van der Waals surface area contributed by atoms with Crippen LogP contribution in [0.15, 0.2) is 35.5 Å². The van der Waals surface area contributed by atoms with E-state index < -0.39 is 4.92 Å². The first-order valence-electron chi connectivity index (χ1n) is 6.15. The standard InChI is InChI=1S/C13H14N4O3S/c1-8(10-6-14-15-7-10)16-13(18)9-3-4-12(21-2)11(5-9)17(19)20/h3-8H,1-2H3,(H,14,15)(H,16,18). The van der Waals surface area contributed by atoms with Gasteiger partial charge >= 0.3 is 0 Å². The summed E-state index contributed by atoms with van der Waals surface area (Å²) in [6.07, 6.45) is 5.05. The highest BCUT2D eigenvalue weighted by Crippen LogP contribution is 2.28. The second-order valence-electron chi connectivity index (χ2n) is 4.37. The summed E-state index contributed by atoms with van der Waals surface area (Å²) in [5.41, 5.74) is 1.03. The zero-order valence-corrected chi connectivity index (χ0v) is 12.3. The van der Waals surface area contributed by atoms with E-state index in [4.69, 9.17) is 0 Å². The molecule has 0 saturated carbocycles. The molecule has 0 fully saturated rings. The van der Waals surface area contributed by atoms with Gasteiger partial charge in [-0.25, -0.2) is 0 Å². The molecule has 1 heterocycles. The van der Waals surface area contributed by atoms with Crippen molar-refractivity contribution in [2.75, 3.05) is 6.26 Å². The van der Waals surface area contributed by atoms with Crippen LogP contribution in [0.2, 0.25) is 0 Å². The van der Waals surface area contributed by atoms with Gasteiger partial charge in [0.25, 0.3) is 11.6 Å². The van der Waals surface area contributed by atoms with Crippen molar-refractivity contribution in [2.45, 2.75) is 17.9 Å². The molecule has 1 aromatic carbocycles. The second kappa shape index (κ2) is 6.40. The molecule has 1 unspecified atom stereocenters. The van der Waals surface area contributed by atoms with Crippen LogP contribution < -0.4 is 5.32 Å². The lowest BCUT2D eigenvalue weighted by Gasteiger charge is -2.12. The number of H-pyrrole nitrogens is 1. The van der Waals surface area contributed by atoms with Gasteiger partial charge in [-0.3, -0.25) is 20.0 Å². The Morgan fingerprint density at radius 3 is 2.86 bits per heavy atom. The molecule has 0 spiro atoms. The molecule has 0 aliphatic heterocycles. The molecule has 2 rings (SSSR count). The fraction of sp³-hybridized carbons (Fsp3) is 0.231. The van der Waals surface area contributed by atoms with Crippen LogP contribution in [0, 0.1) is 10.1 Å².